The molecule has 3 rings (SSSR count). The molecule has 8 heteroatoms. The van der Waals surface area contributed by atoms with Gasteiger partial charge in [0.05, 0.1) is 18.1 Å². The number of halogens is 1. The number of hydrogen-bond donors (Lipinski definition) is 0. The number of carbonyl (C=O) groups excluding carboxylic acids is 1. The summed E-state index contributed by atoms with van der Waals surface area (Å²) in [5, 5.41) is 0. The topological polar surface area (TPSA) is 68.6 Å². The number of Topliss-reactive ketones (excluding diaryl/α,β-unsaturated/α-hetero) is 1. The summed E-state index contributed by atoms with van der Waals surface area (Å²) in [6.45, 7) is 4.95. The molecule has 29 heavy (non-hydrogen) atoms. The number of benzene rings is 1. The Balaban J connectivity index is 1.57. The van der Waals surface area contributed by atoms with E-state index in [1.54, 1.807) is 12.1 Å². The standard InChI is InChI=1S/C21H27FN2O4S/c1-15-12-20(16(2)24(15)18-8-11-29(26,27)14-18)21(25)13-23(3)9-10-28-19-6-4-17(22)5-7-19/h4-7,12,18H,8-11,13-14H2,1-3H3. The third-order valence-electron chi connectivity index (χ3n) is 5.33. The average molecular weight is 423 g/mol. The zero-order valence-electron chi connectivity index (χ0n) is 17.0. The van der Waals surface area contributed by atoms with E-state index in [9.17, 15) is 17.6 Å². The molecule has 0 saturated carbocycles. The van der Waals surface area contributed by atoms with Crippen LogP contribution in [0.2, 0.25) is 0 Å². The van der Waals surface area contributed by atoms with Crippen LogP contribution in [-0.2, 0) is 9.84 Å². The molecule has 2 heterocycles. The summed E-state index contributed by atoms with van der Waals surface area (Å²) in [6, 6.07) is 7.58. The molecule has 0 bridgehead atoms. The van der Waals surface area contributed by atoms with Crippen molar-refractivity contribution in [3.63, 3.8) is 0 Å². The number of aryl methyl sites for hydroxylation is 1. The SMILES string of the molecule is Cc1cc(C(=O)CN(C)CCOc2ccc(F)cc2)c(C)n1C1CCS(=O)(=O)C1. The molecule has 1 aliphatic rings. The maximum Gasteiger partial charge on any atom is 0.178 e. The quantitative estimate of drug-likeness (QED) is 0.612. The van der Waals surface area contributed by atoms with E-state index in [-0.39, 0.29) is 35.7 Å². The monoisotopic (exact) mass is 422 g/mol. The van der Waals surface area contributed by atoms with E-state index in [0.717, 1.165) is 11.4 Å². The van der Waals surface area contributed by atoms with Crippen LogP contribution < -0.4 is 4.74 Å². The highest BCUT2D eigenvalue weighted by molar-refractivity contribution is 7.91. The summed E-state index contributed by atoms with van der Waals surface area (Å²) in [6.07, 6.45) is 0.590. The Morgan fingerprint density at radius 1 is 1.28 bits per heavy atom. The van der Waals surface area contributed by atoms with Gasteiger partial charge in [-0.05, 0) is 57.6 Å². The summed E-state index contributed by atoms with van der Waals surface area (Å²) in [5.74, 6) is 0.607. The highest BCUT2D eigenvalue weighted by atomic mass is 32.2. The van der Waals surface area contributed by atoms with E-state index >= 15 is 0 Å². The maximum absolute atomic E-state index is 12.9. The van der Waals surface area contributed by atoms with Gasteiger partial charge in [-0.1, -0.05) is 0 Å². The molecular formula is C21H27FN2O4S. The minimum atomic E-state index is -2.99. The molecule has 0 spiro atoms. The Morgan fingerprint density at radius 3 is 2.59 bits per heavy atom. The number of hydrogen-bond acceptors (Lipinski definition) is 5. The highest BCUT2D eigenvalue weighted by Crippen LogP contribution is 2.29. The first-order valence-electron chi connectivity index (χ1n) is 9.65. The molecule has 0 aliphatic carbocycles. The summed E-state index contributed by atoms with van der Waals surface area (Å²) >= 11 is 0. The molecule has 0 N–H and O–H groups in total. The van der Waals surface area contributed by atoms with Gasteiger partial charge in [-0.15, -0.1) is 0 Å². The van der Waals surface area contributed by atoms with Gasteiger partial charge in [-0.3, -0.25) is 9.69 Å². The zero-order chi connectivity index (χ0) is 21.2. The molecule has 1 atom stereocenters. The van der Waals surface area contributed by atoms with Crippen LogP contribution in [0.3, 0.4) is 0 Å². The number of rotatable bonds is 8. The van der Waals surface area contributed by atoms with Gasteiger partial charge in [-0.25, -0.2) is 12.8 Å². The van der Waals surface area contributed by atoms with Crippen molar-refractivity contribution in [2.45, 2.75) is 26.3 Å². The van der Waals surface area contributed by atoms with Crippen LogP contribution in [0.4, 0.5) is 4.39 Å². The second-order valence-corrected chi connectivity index (χ2v) is 9.90. The van der Waals surface area contributed by atoms with E-state index < -0.39 is 9.84 Å². The van der Waals surface area contributed by atoms with Crippen molar-refractivity contribution in [2.24, 2.45) is 0 Å². The minimum Gasteiger partial charge on any atom is -0.492 e. The van der Waals surface area contributed by atoms with Crippen molar-refractivity contribution in [1.29, 1.82) is 0 Å². The first-order chi connectivity index (χ1) is 13.7. The van der Waals surface area contributed by atoms with Gasteiger partial charge in [0.15, 0.2) is 15.6 Å². The van der Waals surface area contributed by atoms with Crippen molar-refractivity contribution in [3.8, 4) is 5.75 Å². The van der Waals surface area contributed by atoms with Crippen molar-refractivity contribution >= 4 is 15.6 Å². The molecule has 1 unspecified atom stereocenters. The molecule has 2 aromatic rings. The lowest BCUT2D eigenvalue weighted by molar-refractivity contribution is 0.0937. The van der Waals surface area contributed by atoms with Crippen LogP contribution in [0.5, 0.6) is 5.75 Å². The van der Waals surface area contributed by atoms with E-state index in [1.807, 2.05) is 36.4 Å². The highest BCUT2D eigenvalue weighted by Gasteiger charge is 2.31. The smallest absolute Gasteiger partial charge is 0.178 e. The second-order valence-electron chi connectivity index (χ2n) is 7.68. The maximum atomic E-state index is 12.9. The number of sulfone groups is 1. The Hall–Kier alpha value is -2.19. The number of carbonyl (C=O) groups is 1. The minimum absolute atomic E-state index is 0.00511. The second kappa shape index (κ2) is 8.67. The lowest BCUT2D eigenvalue weighted by atomic mass is 10.1. The molecule has 0 amide bonds. The average Bonchev–Trinajstić information content (AvgIpc) is 3.14. The Morgan fingerprint density at radius 2 is 1.97 bits per heavy atom. The van der Waals surface area contributed by atoms with E-state index in [2.05, 4.69) is 0 Å². The first kappa shape index (κ1) is 21.5. The Kier molecular flexibility index (Phi) is 6.43. The van der Waals surface area contributed by atoms with E-state index in [1.165, 1.54) is 12.1 Å². The predicted octanol–water partition coefficient (Wildman–Crippen LogP) is 2.80. The van der Waals surface area contributed by atoms with Crippen molar-refractivity contribution < 1.29 is 22.3 Å². The third kappa shape index (κ3) is 5.25. The lowest BCUT2D eigenvalue weighted by Gasteiger charge is -2.18. The molecule has 1 fully saturated rings. The summed E-state index contributed by atoms with van der Waals surface area (Å²) in [7, 11) is -1.15. The largest absolute Gasteiger partial charge is 0.492 e. The van der Waals surface area contributed by atoms with Crippen LogP contribution in [0.15, 0.2) is 30.3 Å². The van der Waals surface area contributed by atoms with Crippen LogP contribution in [0.25, 0.3) is 0 Å². The molecule has 6 nitrogen and oxygen atoms in total. The van der Waals surface area contributed by atoms with Gasteiger partial charge < -0.3 is 9.30 Å². The van der Waals surface area contributed by atoms with Crippen molar-refractivity contribution in [3.05, 3.63) is 53.1 Å². The molecule has 1 saturated heterocycles. The number of aromatic nitrogens is 1. The first-order valence-corrected chi connectivity index (χ1v) is 11.5. The van der Waals surface area contributed by atoms with Crippen LogP contribution in [-0.4, -0.2) is 61.9 Å². The molecular weight excluding hydrogens is 395 g/mol. The lowest BCUT2D eigenvalue weighted by Crippen LogP contribution is -2.30. The molecule has 1 aliphatic heterocycles. The van der Waals surface area contributed by atoms with Gasteiger partial charge in [0.2, 0.25) is 0 Å². The fourth-order valence-corrected chi connectivity index (χ4v) is 5.56. The number of ketones is 1. The van der Waals surface area contributed by atoms with Crippen LogP contribution in [0, 0.1) is 19.7 Å². The zero-order valence-corrected chi connectivity index (χ0v) is 17.8. The molecule has 1 aromatic carbocycles. The molecule has 1 aromatic heterocycles. The summed E-state index contributed by atoms with van der Waals surface area (Å²) in [5.41, 5.74) is 2.37. The Bertz CT molecular complexity index is 983. The van der Waals surface area contributed by atoms with Gasteiger partial charge in [0.1, 0.15) is 18.2 Å². The van der Waals surface area contributed by atoms with Crippen molar-refractivity contribution in [2.75, 3.05) is 38.2 Å². The van der Waals surface area contributed by atoms with Crippen LogP contribution >= 0.6 is 0 Å². The number of ether oxygens (including phenoxy) is 1. The van der Waals surface area contributed by atoms with Gasteiger partial charge >= 0.3 is 0 Å². The molecule has 0 radical (unpaired) electrons. The fourth-order valence-electron chi connectivity index (χ4n) is 3.86. The van der Waals surface area contributed by atoms with Gasteiger partial charge in [0, 0.05) is 29.5 Å². The van der Waals surface area contributed by atoms with E-state index in [0.29, 0.717) is 30.9 Å². The third-order valence-corrected chi connectivity index (χ3v) is 7.08. The van der Waals surface area contributed by atoms with Gasteiger partial charge in [-0.2, -0.15) is 0 Å². The number of nitrogens with zero attached hydrogens (tertiary/aromatic N) is 2. The van der Waals surface area contributed by atoms with Crippen molar-refractivity contribution in [1.82, 2.24) is 9.47 Å². The normalized spacial score (nSPS) is 18.3. The van der Waals surface area contributed by atoms with E-state index in [4.69, 9.17) is 4.74 Å². The summed E-state index contributed by atoms with van der Waals surface area (Å²) in [4.78, 5) is 14.7. The number of likely N-dealkylation sites (N-methyl/N-ethyl adjacent to an activating group) is 1. The van der Waals surface area contributed by atoms with Crippen LogP contribution in [0.1, 0.15) is 34.2 Å². The predicted molar refractivity (Wildman–Crippen MR) is 110 cm³/mol. The Labute approximate surface area is 171 Å². The van der Waals surface area contributed by atoms with Gasteiger partial charge in [0.25, 0.3) is 0 Å². The molecule has 158 valence electrons. The fraction of sp³-hybridized carbons (Fsp3) is 0.476. The summed E-state index contributed by atoms with van der Waals surface area (Å²) < 4.78 is 44.1.